The van der Waals surface area contributed by atoms with E-state index < -0.39 is 10.7 Å². The van der Waals surface area contributed by atoms with Crippen molar-refractivity contribution in [1.82, 2.24) is 9.97 Å². The normalized spacial score (nSPS) is 10.3. The quantitative estimate of drug-likeness (QED) is 0.496. The molecular formula is C11H7BrFN3O2. The van der Waals surface area contributed by atoms with Crippen LogP contribution >= 0.6 is 15.9 Å². The number of nitro groups is 1. The van der Waals surface area contributed by atoms with Crippen LogP contribution in [0.3, 0.4) is 0 Å². The van der Waals surface area contributed by atoms with E-state index in [0.29, 0.717) is 10.9 Å². The minimum absolute atomic E-state index is 0.0464. The molecule has 0 N–H and O–H groups in total. The molecule has 2 rings (SSSR count). The molecule has 0 radical (unpaired) electrons. The second kappa shape index (κ2) is 5.18. The highest BCUT2D eigenvalue weighted by molar-refractivity contribution is 9.08. The van der Waals surface area contributed by atoms with Crippen molar-refractivity contribution >= 4 is 21.6 Å². The van der Waals surface area contributed by atoms with Gasteiger partial charge < -0.3 is 0 Å². The van der Waals surface area contributed by atoms with Crippen molar-refractivity contribution < 1.29 is 9.31 Å². The highest BCUT2D eigenvalue weighted by atomic mass is 79.9. The van der Waals surface area contributed by atoms with Gasteiger partial charge in [0.1, 0.15) is 0 Å². The molecular weight excluding hydrogens is 305 g/mol. The van der Waals surface area contributed by atoms with Crippen LogP contribution in [0.5, 0.6) is 0 Å². The second-order valence-electron chi connectivity index (χ2n) is 3.50. The van der Waals surface area contributed by atoms with E-state index in [0.717, 1.165) is 18.0 Å². The van der Waals surface area contributed by atoms with Crippen molar-refractivity contribution in [2.24, 2.45) is 0 Å². The summed E-state index contributed by atoms with van der Waals surface area (Å²) in [5.74, 6) is -0.299. The molecule has 1 heterocycles. The summed E-state index contributed by atoms with van der Waals surface area (Å²) in [4.78, 5) is 17.9. The van der Waals surface area contributed by atoms with Gasteiger partial charge in [0.25, 0.3) is 5.69 Å². The summed E-state index contributed by atoms with van der Waals surface area (Å²) in [6.07, 6.45) is 2.05. The summed E-state index contributed by atoms with van der Waals surface area (Å²) in [6, 6.07) is 4.54. The summed E-state index contributed by atoms with van der Waals surface area (Å²) >= 11 is 3.24. The fraction of sp³-hybridized carbons (Fsp3) is 0.0909. The Kier molecular flexibility index (Phi) is 3.61. The van der Waals surface area contributed by atoms with Crippen LogP contribution in [0.1, 0.15) is 5.56 Å². The Balaban J connectivity index is 2.52. The smallest absolute Gasteiger partial charge is 0.258 e. The van der Waals surface area contributed by atoms with E-state index in [1.165, 1.54) is 12.1 Å². The van der Waals surface area contributed by atoms with E-state index in [2.05, 4.69) is 25.9 Å². The predicted molar refractivity (Wildman–Crippen MR) is 66.7 cm³/mol. The molecule has 1 aromatic carbocycles. The van der Waals surface area contributed by atoms with E-state index in [4.69, 9.17) is 0 Å². The lowest BCUT2D eigenvalue weighted by atomic mass is 10.1. The minimum atomic E-state index is -0.551. The number of hydrogen-bond donors (Lipinski definition) is 0. The summed E-state index contributed by atoms with van der Waals surface area (Å²) < 4.78 is 12.7. The molecule has 0 fully saturated rings. The SMILES string of the molecule is O=[N+]([O-])c1cc(CBr)cc(-c2ncc(F)cn2)c1. The van der Waals surface area contributed by atoms with E-state index in [9.17, 15) is 14.5 Å². The molecule has 0 aliphatic heterocycles. The van der Waals surface area contributed by atoms with Crippen molar-refractivity contribution in [1.29, 1.82) is 0 Å². The molecule has 0 unspecified atom stereocenters. The zero-order chi connectivity index (χ0) is 13.1. The van der Waals surface area contributed by atoms with E-state index in [1.807, 2.05) is 0 Å². The Hall–Kier alpha value is -1.89. The molecule has 0 saturated carbocycles. The van der Waals surface area contributed by atoms with E-state index >= 15 is 0 Å². The van der Waals surface area contributed by atoms with Gasteiger partial charge >= 0.3 is 0 Å². The Morgan fingerprint density at radius 2 is 1.94 bits per heavy atom. The zero-order valence-corrected chi connectivity index (χ0v) is 10.6. The third-order valence-electron chi connectivity index (χ3n) is 2.22. The number of aromatic nitrogens is 2. The van der Waals surface area contributed by atoms with Crippen LogP contribution in [-0.4, -0.2) is 14.9 Å². The number of nitrogens with zero attached hydrogens (tertiary/aromatic N) is 3. The van der Waals surface area contributed by atoms with Crippen LogP contribution < -0.4 is 0 Å². The summed E-state index contributed by atoms with van der Waals surface area (Å²) in [6.45, 7) is 0. The van der Waals surface area contributed by atoms with Gasteiger partial charge in [-0.25, -0.2) is 14.4 Å². The van der Waals surface area contributed by atoms with Gasteiger partial charge in [-0.2, -0.15) is 0 Å². The number of nitro benzene ring substituents is 1. The topological polar surface area (TPSA) is 68.9 Å². The fourth-order valence-corrected chi connectivity index (χ4v) is 1.77. The maximum atomic E-state index is 12.7. The van der Waals surface area contributed by atoms with Crippen molar-refractivity contribution in [3.63, 3.8) is 0 Å². The number of alkyl halides is 1. The van der Waals surface area contributed by atoms with Crippen LogP contribution in [0, 0.1) is 15.9 Å². The zero-order valence-electron chi connectivity index (χ0n) is 9.01. The Morgan fingerprint density at radius 1 is 1.28 bits per heavy atom. The molecule has 1 aromatic heterocycles. The number of rotatable bonds is 3. The Morgan fingerprint density at radius 3 is 2.50 bits per heavy atom. The second-order valence-corrected chi connectivity index (χ2v) is 4.06. The standard InChI is InChI=1S/C11H7BrFN3O2/c12-4-7-1-8(3-10(2-7)16(17)18)11-14-5-9(13)6-15-11/h1-3,5-6H,4H2. The summed E-state index contributed by atoms with van der Waals surface area (Å²) in [7, 11) is 0. The number of hydrogen-bond acceptors (Lipinski definition) is 4. The molecule has 0 spiro atoms. The Bertz CT molecular complexity index is 589. The Labute approximate surface area is 110 Å². The van der Waals surface area contributed by atoms with Crippen LogP contribution in [0.15, 0.2) is 30.6 Å². The summed E-state index contributed by atoms with van der Waals surface area (Å²) in [5.41, 5.74) is 1.17. The van der Waals surface area contributed by atoms with Crippen LogP contribution in [-0.2, 0) is 5.33 Å². The first-order valence-corrected chi connectivity index (χ1v) is 6.04. The highest BCUT2D eigenvalue weighted by Crippen LogP contribution is 2.24. The maximum Gasteiger partial charge on any atom is 0.270 e. The van der Waals surface area contributed by atoms with Gasteiger partial charge in [0, 0.05) is 23.0 Å². The maximum absolute atomic E-state index is 12.7. The van der Waals surface area contributed by atoms with E-state index in [-0.39, 0.29) is 11.5 Å². The van der Waals surface area contributed by atoms with Gasteiger partial charge in [0.05, 0.1) is 17.3 Å². The van der Waals surface area contributed by atoms with Gasteiger partial charge in [-0.05, 0) is 11.6 Å². The predicted octanol–water partition coefficient (Wildman–Crippen LogP) is 3.09. The first-order valence-electron chi connectivity index (χ1n) is 4.92. The van der Waals surface area contributed by atoms with Gasteiger partial charge in [0.15, 0.2) is 11.6 Å². The average Bonchev–Trinajstić information content (AvgIpc) is 2.39. The van der Waals surface area contributed by atoms with Crippen molar-refractivity contribution in [3.05, 3.63) is 52.1 Å². The molecule has 5 nitrogen and oxygen atoms in total. The third-order valence-corrected chi connectivity index (χ3v) is 2.87. The van der Waals surface area contributed by atoms with E-state index in [1.54, 1.807) is 6.07 Å². The molecule has 0 aliphatic rings. The molecule has 7 heteroatoms. The van der Waals surface area contributed by atoms with Gasteiger partial charge in [-0.1, -0.05) is 15.9 Å². The van der Waals surface area contributed by atoms with Gasteiger partial charge in [-0.15, -0.1) is 0 Å². The summed E-state index contributed by atoms with van der Waals surface area (Å²) in [5, 5.41) is 11.3. The monoisotopic (exact) mass is 311 g/mol. The molecule has 18 heavy (non-hydrogen) atoms. The number of benzene rings is 1. The number of non-ortho nitro benzene ring substituents is 1. The lowest BCUT2D eigenvalue weighted by molar-refractivity contribution is -0.384. The molecule has 0 amide bonds. The van der Waals surface area contributed by atoms with Crippen LogP contribution in [0.25, 0.3) is 11.4 Å². The van der Waals surface area contributed by atoms with Crippen molar-refractivity contribution in [3.8, 4) is 11.4 Å². The minimum Gasteiger partial charge on any atom is -0.258 e. The van der Waals surface area contributed by atoms with Gasteiger partial charge in [-0.3, -0.25) is 10.1 Å². The van der Waals surface area contributed by atoms with Gasteiger partial charge in [0.2, 0.25) is 0 Å². The van der Waals surface area contributed by atoms with Crippen LogP contribution in [0.4, 0.5) is 10.1 Å². The molecule has 92 valence electrons. The molecule has 0 aliphatic carbocycles. The fourth-order valence-electron chi connectivity index (χ4n) is 1.45. The largest absolute Gasteiger partial charge is 0.270 e. The first kappa shape index (κ1) is 12.6. The first-order chi connectivity index (χ1) is 8.60. The van der Waals surface area contributed by atoms with Crippen molar-refractivity contribution in [2.75, 3.05) is 0 Å². The highest BCUT2D eigenvalue weighted by Gasteiger charge is 2.12. The molecule has 0 bridgehead atoms. The third kappa shape index (κ3) is 2.67. The van der Waals surface area contributed by atoms with Crippen molar-refractivity contribution in [2.45, 2.75) is 5.33 Å². The molecule has 0 saturated heterocycles. The molecule has 0 atom stereocenters. The molecule has 2 aromatic rings. The number of halogens is 2. The lowest BCUT2D eigenvalue weighted by Gasteiger charge is -2.02. The van der Waals surface area contributed by atoms with Crippen LogP contribution in [0.2, 0.25) is 0 Å². The average molecular weight is 312 g/mol. The lowest BCUT2D eigenvalue weighted by Crippen LogP contribution is -1.94.